The van der Waals surface area contributed by atoms with E-state index < -0.39 is 0 Å². The summed E-state index contributed by atoms with van der Waals surface area (Å²) in [6.07, 6.45) is 7.36. The van der Waals surface area contributed by atoms with Gasteiger partial charge in [0.1, 0.15) is 0 Å². The minimum absolute atomic E-state index is 0.872. The summed E-state index contributed by atoms with van der Waals surface area (Å²) in [6, 6.07) is 4.39. The van der Waals surface area contributed by atoms with Gasteiger partial charge in [-0.2, -0.15) is 0 Å². The maximum Gasteiger partial charge on any atom is 0.0562 e. The van der Waals surface area contributed by atoms with Crippen LogP contribution in [0.4, 0.5) is 5.69 Å². The molecule has 1 aliphatic heterocycles. The number of anilines is 1. The van der Waals surface area contributed by atoms with Gasteiger partial charge in [0.15, 0.2) is 0 Å². The van der Waals surface area contributed by atoms with E-state index in [9.17, 15) is 0 Å². The molecule has 0 bridgehead atoms. The van der Waals surface area contributed by atoms with E-state index in [4.69, 9.17) is 0 Å². The Labute approximate surface area is 117 Å². The molecule has 19 heavy (non-hydrogen) atoms. The van der Waals surface area contributed by atoms with Crippen LogP contribution in [-0.4, -0.2) is 24.6 Å². The Hall–Kier alpha value is -1.09. The molecule has 1 saturated heterocycles. The number of aromatic nitrogens is 1. The molecule has 2 heterocycles. The van der Waals surface area contributed by atoms with Gasteiger partial charge in [-0.25, -0.2) is 0 Å². The molecule has 1 fully saturated rings. The van der Waals surface area contributed by atoms with Crippen molar-refractivity contribution in [3.05, 3.63) is 24.0 Å². The first-order chi connectivity index (χ1) is 9.33. The van der Waals surface area contributed by atoms with Crippen LogP contribution in [0.15, 0.2) is 18.3 Å². The zero-order chi connectivity index (χ0) is 13.5. The lowest BCUT2D eigenvalue weighted by molar-refractivity contribution is 0.378. The number of pyridine rings is 1. The number of nitrogens with zero attached hydrogens (tertiary/aromatic N) is 2. The summed E-state index contributed by atoms with van der Waals surface area (Å²) in [7, 11) is 0. The van der Waals surface area contributed by atoms with Crippen molar-refractivity contribution in [2.75, 3.05) is 24.5 Å². The lowest BCUT2D eigenvalue weighted by Crippen LogP contribution is -2.33. The number of rotatable bonds is 6. The van der Waals surface area contributed by atoms with Crippen LogP contribution < -0.4 is 10.2 Å². The second kappa shape index (κ2) is 7.49. The molecule has 1 N–H and O–H groups in total. The van der Waals surface area contributed by atoms with Crippen LogP contribution in [0, 0.1) is 5.92 Å². The van der Waals surface area contributed by atoms with Crippen LogP contribution in [0.5, 0.6) is 0 Å². The van der Waals surface area contributed by atoms with E-state index in [2.05, 4.69) is 41.2 Å². The molecule has 0 radical (unpaired) electrons. The lowest BCUT2D eigenvalue weighted by Gasteiger charge is -2.33. The minimum atomic E-state index is 0.872. The number of hydrogen-bond donors (Lipinski definition) is 1. The van der Waals surface area contributed by atoms with E-state index in [1.165, 1.54) is 44.5 Å². The Balaban J connectivity index is 1.91. The first kappa shape index (κ1) is 14.3. The van der Waals surface area contributed by atoms with Gasteiger partial charge < -0.3 is 10.2 Å². The van der Waals surface area contributed by atoms with Gasteiger partial charge in [0.2, 0.25) is 0 Å². The highest BCUT2D eigenvalue weighted by Crippen LogP contribution is 2.25. The molecule has 0 atom stereocenters. The van der Waals surface area contributed by atoms with Crippen molar-refractivity contribution < 1.29 is 0 Å². The highest BCUT2D eigenvalue weighted by molar-refractivity contribution is 5.46. The second-order valence-corrected chi connectivity index (χ2v) is 5.50. The molecule has 0 unspecified atom stereocenters. The predicted octanol–water partition coefficient (Wildman–Crippen LogP) is 3.21. The maximum absolute atomic E-state index is 4.43. The number of nitrogens with one attached hydrogen (secondary N) is 1. The second-order valence-electron chi connectivity index (χ2n) is 5.50. The SMILES string of the molecule is CCCC1CCN(c2ccnc(CNCC)c2)CC1. The van der Waals surface area contributed by atoms with Crippen LogP contribution >= 0.6 is 0 Å². The third-order valence-electron chi connectivity index (χ3n) is 4.03. The van der Waals surface area contributed by atoms with Gasteiger partial charge in [-0.05, 0) is 37.4 Å². The Bertz CT molecular complexity index is 370. The van der Waals surface area contributed by atoms with E-state index in [1.54, 1.807) is 0 Å². The molecule has 0 aromatic carbocycles. The summed E-state index contributed by atoms with van der Waals surface area (Å²) in [5.74, 6) is 0.948. The molecule has 1 aromatic heterocycles. The molecular formula is C16H27N3. The monoisotopic (exact) mass is 261 g/mol. The zero-order valence-electron chi connectivity index (χ0n) is 12.4. The molecule has 2 rings (SSSR count). The molecular weight excluding hydrogens is 234 g/mol. The molecule has 0 saturated carbocycles. The molecule has 0 amide bonds. The van der Waals surface area contributed by atoms with Crippen molar-refractivity contribution in [2.45, 2.75) is 46.1 Å². The smallest absolute Gasteiger partial charge is 0.0562 e. The first-order valence-electron chi connectivity index (χ1n) is 7.74. The zero-order valence-corrected chi connectivity index (χ0v) is 12.4. The summed E-state index contributed by atoms with van der Waals surface area (Å²) in [5, 5.41) is 3.34. The van der Waals surface area contributed by atoms with Crippen LogP contribution in [0.25, 0.3) is 0 Å². The van der Waals surface area contributed by atoms with Gasteiger partial charge in [-0.3, -0.25) is 4.98 Å². The fraction of sp³-hybridized carbons (Fsp3) is 0.688. The standard InChI is InChI=1S/C16H27N3/c1-3-5-14-7-10-19(11-8-14)16-6-9-18-15(12-16)13-17-4-2/h6,9,12,14,17H,3-5,7-8,10-11,13H2,1-2H3. The molecule has 1 aliphatic rings. The van der Waals surface area contributed by atoms with Crippen LogP contribution in [-0.2, 0) is 6.54 Å². The van der Waals surface area contributed by atoms with Gasteiger partial charge in [0.25, 0.3) is 0 Å². The van der Waals surface area contributed by atoms with E-state index in [1.807, 2.05) is 6.20 Å². The molecule has 0 aliphatic carbocycles. The van der Waals surface area contributed by atoms with Gasteiger partial charge in [0, 0.05) is 31.5 Å². The third-order valence-corrected chi connectivity index (χ3v) is 4.03. The quantitative estimate of drug-likeness (QED) is 0.852. The predicted molar refractivity (Wildman–Crippen MR) is 81.5 cm³/mol. The van der Waals surface area contributed by atoms with Gasteiger partial charge >= 0.3 is 0 Å². The van der Waals surface area contributed by atoms with Crippen molar-refractivity contribution in [1.82, 2.24) is 10.3 Å². The highest BCUT2D eigenvalue weighted by Gasteiger charge is 2.18. The summed E-state index contributed by atoms with van der Waals surface area (Å²) >= 11 is 0. The van der Waals surface area contributed by atoms with Crippen LogP contribution in [0.2, 0.25) is 0 Å². The molecule has 1 aromatic rings. The van der Waals surface area contributed by atoms with Gasteiger partial charge in [-0.1, -0.05) is 26.7 Å². The Morgan fingerprint density at radius 1 is 1.32 bits per heavy atom. The van der Waals surface area contributed by atoms with Gasteiger partial charge in [-0.15, -0.1) is 0 Å². The molecule has 3 nitrogen and oxygen atoms in total. The van der Waals surface area contributed by atoms with Crippen molar-refractivity contribution in [2.24, 2.45) is 5.92 Å². The Morgan fingerprint density at radius 2 is 2.11 bits per heavy atom. The summed E-state index contributed by atoms with van der Waals surface area (Å²) in [5.41, 5.74) is 2.49. The summed E-state index contributed by atoms with van der Waals surface area (Å²) in [6.45, 7) is 8.69. The van der Waals surface area contributed by atoms with E-state index in [0.717, 1.165) is 24.7 Å². The Kier molecular flexibility index (Phi) is 5.64. The summed E-state index contributed by atoms with van der Waals surface area (Å²) in [4.78, 5) is 6.94. The molecule has 3 heteroatoms. The number of piperidine rings is 1. The van der Waals surface area contributed by atoms with Crippen molar-refractivity contribution in [3.8, 4) is 0 Å². The largest absolute Gasteiger partial charge is 0.371 e. The fourth-order valence-corrected chi connectivity index (χ4v) is 2.90. The normalized spacial score (nSPS) is 16.8. The molecule has 0 spiro atoms. The van der Waals surface area contributed by atoms with Crippen molar-refractivity contribution in [3.63, 3.8) is 0 Å². The molecule has 106 valence electrons. The minimum Gasteiger partial charge on any atom is -0.371 e. The fourth-order valence-electron chi connectivity index (χ4n) is 2.90. The van der Waals surface area contributed by atoms with Crippen LogP contribution in [0.1, 0.15) is 45.2 Å². The average molecular weight is 261 g/mol. The topological polar surface area (TPSA) is 28.2 Å². The highest BCUT2D eigenvalue weighted by atomic mass is 15.1. The van der Waals surface area contributed by atoms with Crippen LogP contribution in [0.3, 0.4) is 0 Å². The summed E-state index contributed by atoms with van der Waals surface area (Å²) < 4.78 is 0. The van der Waals surface area contributed by atoms with Crippen molar-refractivity contribution >= 4 is 5.69 Å². The third kappa shape index (κ3) is 4.20. The Morgan fingerprint density at radius 3 is 2.79 bits per heavy atom. The van der Waals surface area contributed by atoms with Crippen molar-refractivity contribution in [1.29, 1.82) is 0 Å². The maximum atomic E-state index is 4.43. The van der Waals surface area contributed by atoms with Gasteiger partial charge in [0.05, 0.1) is 5.69 Å². The lowest BCUT2D eigenvalue weighted by atomic mass is 9.92. The number of hydrogen-bond acceptors (Lipinski definition) is 3. The average Bonchev–Trinajstić information content (AvgIpc) is 2.46. The van der Waals surface area contributed by atoms with E-state index >= 15 is 0 Å². The first-order valence-corrected chi connectivity index (χ1v) is 7.74. The van der Waals surface area contributed by atoms with E-state index in [0.29, 0.717) is 0 Å². The van der Waals surface area contributed by atoms with E-state index in [-0.39, 0.29) is 0 Å².